The first kappa shape index (κ1) is 16.6. The van der Waals surface area contributed by atoms with Crippen LogP contribution < -0.4 is 10.1 Å². The number of hydrogen-bond acceptors (Lipinski definition) is 4. The largest absolute Gasteiger partial charge is 0.491 e. The molecule has 2 heterocycles. The smallest absolute Gasteiger partial charge is 0.138 e. The summed E-state index contributed by atoms with van der Waals surface area (Å²) >= 11 is 12.0. The topological polar surface area (TPSA) is 42.3 Å². The summed E-state index contributed by atoms with van der Waals surface area (Å²) < 4.78 is 7.88. The van der Waals surface area contributed by atoms with Gasteiger partial charge in [0.25, 0.3) is 0 Å². The molecule has 7 heteroatoms. The van der Waals surface area contributed by atoms with Crippen LogP contribution in [0.4, 0.5) is 0 Å². The van der Waals surface area contributed by atoms with Gasteiger partial charge in [0, 0.05) is 50.6 Å². The van der Waals surface area contributed by atoms with Gasteiger partial charge in [-0.1, -0.05) is 23.2 Å². The average molecular weight is 355 g/mol. The Bertz CT molecular complexity index is 661. The van der Waals surface area contributed by atoms with Crippen molar-refractivity contribution in [2.45, 2.75) is 6.04 Å². The number of piperazine rings is 1. The van der Waals surface area contributed by atoms with Crippen molar-refractivity contribution >= 4 is 23.2 Å². The van der Waals surface area contributed by atoms with E-state index in [-0.39, 0.29) is 6.04 Å². The third-order valence-corrected chi connectivity index (χ3v) is 4.57. The Labute approximate surface area is 146 Å². The molecule has 1 N–H and O–H groups in total. The minimum absolute atomic E-state index is 0.257. The zero-order chi connectivity index (χ0) is 16.2. The van der Waals surface area contributed by atoms with Crippen LogP contribution in [0.2, 0.25) is 10.0 Å². The molecule has 0 aliphatic carbocycles. The maximum Gasteiger partial charge on any atom is 0.138 e. The molecule has 3 rings (SSSR count). The molecule has 1 saturated heterocycles. The second-order valence-electron chi connectivity index (χ2n) is 5.58. The summed E-state index contributed by atoms with van der Waals surface area (Å²) in [5, 5.41) is 4.58. The zero-order valence-electron chi connectivity index (χ0n) is 13.0. The van der Waals surface area contributed by atoms with Gasteiger partial charge in [-0.15, -0.1) is 0 Å². The predicted molar refractivity (Wildman–Crippen MR) is 92.3 cm³/mol. The molecule has 1 aliphatic rings. The van der Waals surface area contributed by atoms with E-state index in [9.17, 15) is 0 Å². The van der Waals surface area contributed by atoms with Crippen LogP contribution in [-0.4, -0.2) is 47.2 Å². The molecule has 1 aromatic heterocycles. The highest BCUT2D eigenvalue weighted by molar-refractivity contribution is 6.35. The Kier molecular flexibility index (Phi) is 5.43. The minimum Gasteiger partial charge on any atom is -0.491 e. The van der Waals surface area contributed by atoms with E-state index in [0.717, 1.165) is 32.0 Å². The fraction of sp³-hybridized carbons (Fsp3) is 0.438. The van der Waals surface area contributed by atoms with Crippen molar-refractivity contribution in [3.05, 3.63) is 46.5 Å². The van der Waals surface area contributed by atoms with E-state index in [4.69, 9.17) is 27.9 Å². The van der Waals surface area contributed by atoms with Crippen molar-refractivity contribution in [2.75, 3.05) is 32.8 Å². The number of hydrogen-bond donors (Lipinski definition) is 1. The Morgan fingerprint density at radius 3 is 3.00 bits per heavy atom. The Morgan fingerprint density at radius 1 is 1.39 bits per heavy atom. The number of rotatable bonds is 5. The first-order valence-electron chi connectivity index (χ1n) is 7.65. The maximum atomic E-state index is 6.14. The van der Waals surface area contributed by atoms with Crippen LogP contribution in [0.1, 0.15) is 11.9 Å². The molecule has 1 aliphatic heterocycles. The first-order chi connectivity index (χ1) is 11.1. The molecule has 1 unspecified atom stereocenters. The lowest BCUT2D eigenvalue weighted by atomic mass is 10.2. The fourth-order valence-corrected chi connectivity index (χ4v) is 3.30. The molecule has 1 aromatic carbocycles. The lowest BCUT2D eigenvalue weighted by Gasteiger charge is -2.35. The second kappa shape index (κ2) is 7.53. The number of nitrogens with one attached hydrogen (secondary N) is 1. The van der Waals surface area contributed by atoms with Gasteiger partial charge >= 0.3 is 0 Å². The van der Waals surface area contributed by atoms with Crippen LogP contribution in [0.25, 0.3) is 0 Å². The molecular weight excluding hydrogens is 335 g/mol. The number of benzene rings is 1. The van der Waals surface area contributed by atoms with Crippen molar-refractivity contribution in [1.82, 2.24) is 19.8 Å². The monoisotopic (exact) mass is 354 g/mol. The molecule has 0 spiro atoms. The van der Waals surface area contributed by atoms with Gasteiger partial charge < -0.3 is 14.6 Å². The van der Waals surface area contributed by atoms with Crippen LogP contribution in [0, 0.1) is 0 Å². The van der Waals surface area contributed by atoms with E-state index in [1.165, 1.54) is 0 Å². The lowest BCUT2D eigenvalue weighted by Crippen LogP contribution is -2.48. The maximum absolute atomic E-state index is 6.14. The third kappa shape index (κ3) is 3.98. The van der Waals surface area contributed by atoms with E-state index in [1.54, 1.807) is 18.2 Å². The summed E-state index contributed by atoms with van der Waals surface area (Å²) in [7, 11) is 2.03. The Hall–Kier alpha value is -1.27. The van der Waals surface area contributed by atoms with Crippen molar-refractivity contribution in [2.24, 2.45) is 7.05 Å². The summed E-state index contributed by atoms with van der Waals surface area (Å²) in [6.45, 7) is 4.23. The fourth-order valence-electron chi connectivity index (χ4n) is 2.83. The summed E-state index contributed by atoms with van der Waals surface area (Å²) in [6.07, 6.45) is 3.82. The van der Waals surface area contributed by atoms with Crippen molar-refractivity contribution in [3.63, 3.8) is 0 Å². The highest BCUT2D eigenvalue weighted by Gasteiger charge is 2.26. The average Bonchev–Trinajstić information content (AvgIpc) is 2.96. The first-order valence-corrected chi connectivity index (χ1v) is 8.40. The van der Waals surface area contributed by atoms with Crippen molar-refractivity contribution in [3.8, 4) is 5.75 Å². The Balaban J connectivity index is 1.60. The predicted octanol–water partition coefficient (Wildman–Crippen LogP) is 2.75. The highest BCUT2D eigenvalue weighted by Crippen LogP contribution is 2.27. The van der Waals surface area contributed by atoms with Gasteiger partial charge in [-0.25, -0.2) is 4.98 Å². The quantitative estimate of drug-likeness (QED) is 0.896. The molecule has 124 valence electrons. The summed E-state index contributed by atoms with van der Waals surface area (Å²) in [5.41, 5.74) is 0. The lowest BCUT2D eigenvalue weighted by molar-refractivity contribution is 0.127. The van der Waals surface area contributed by atoms with Crippen LogP contribution in [-0.2, 0) is 7.05 Å². The SMILES string of the molecule is Cn1ccnc1C1CNCCN1CCOc1ccc(Cl)cc1Cl. The molecule has 0 saturated carbocycles. The molecule has 0 bridgehead atoms. The van der Waals surface area contributed by atoms with Gasteiger partial charge in [0.15, 0.2) is 0 Å². The van der Waals surface area contributed by atoms with Crippen LogP contribution in [0.15, 0.2) is 30.6 Å². The van der Waals surface area contributed by atoms with E-state index < -0.39 is 0 Å². The number of imidazole rings is 1. The molecule has 0 amide bonds. The summed E-state index contributed by atoms with van der Waals surface area (Å²) in [5.74, 6) is 1.74. The van der Waals surface area contributed by atoms with E-state index in [0.29, 0.717) is 22.4 Å². The van der Waals surface area contributed by atoms with Gasteiger partial charge in [0.05, 0.1) is 11.1 Å². The van der Waals surface area contributed by atoms with E-state index in [1.807, 2.05) is 19.4 Å². The van der Waals surface area contributed by atoms with Gasteiger partial charge in [-0.2, -0.15) is 0 Å². The number of ether oxygens (including phenoxy) is 1. The van der Waals surface area contributed by atoms with E-state index in [2.05, 4.69) is 19.8 Å². The molecule has 5 nitrogen and oxygen atoms in total. The van der Waals surface area contributed by atoms with Crippen LogP contribution in [0.3, 0.4) is 0 Å². The molecule has 0 radical (unpaired) electrons. The molecule has 2 aromatic rings. The summed E-state index contributed by atoms with van der Waals surface area (Å²) in [6, 6.07) is 5.54. The van der Waals surface area contributed by atoms with Gasteiger partial charge in [0.1, 0.15) is 18.2 Å². The van der Waals surface area contributed by atoms with Crippen LogP contribution in [0.5, 0.6) is 5.75 Å². The molecule has 1 atom stereocenters. The van der Waals surface area contributed by atoms with Crippen LogP contribution >= 0.6 is 23.2 Å². The number of halogens is 2. The van der Waals surface area contributed by atoms with E-state index >= 15 is 0 Å². The molecule has 23 heavy (non-hydrogen) atoms. The van der Waals surface area contributed by atoms with Crippen molar-refractivity contribution < 1.29 is 4.74 Å². The molecule has 1 fully saturated rings. The zero-order valence-corrected chi connectivity index (χ0v) is 14.5. The van der Waals surface area contributed by atoms with Crippen molar-refractivity contribution in [1.29, 1.82) is 0 Å². The number of nitrogens with zero attached hydrogens (tertiary/aromatic N) is 3. The minimum atomic E-state index is 0.257. The second-order valence-corrected chi connectivity index (χ2v) is 6.42. The number of aryl methyl sites for hydroxylation is 1. The highest BCUT2D eigenvalue weighted by atomic mass is 35.5. The number of aromatic nitrogens is 2. The van der Waals surface area contributed by atoms with Gasteiger partial charge in [-0.05, 0) is 18.2 Å². The third-order valence-electron chi connectivity index (χ3n) is 4.04. The Morgan fingerprint density at radius 2 is 2.26 bits per heavy atom. The van der Waals surface area contributed by atoms with Gasteiger partial charge in [-0.3, -0.25) is 4.90 Å². The van der Waals surface area contributed by atoms with Gasteiger partial charge in [0.2, 0.25) is 0 Å². The summed E-state index contributed by atoms with van der Waals surface area (Å²) in [4.78, 5) is 6.88. The standard InChI is InChI=1S/C16H20Cl2N4O/c1-21-6-5-20-16(21)14-11-19-4-7-22(14)8-9-23-15-3-2-12(17)10-13(15)18/h2-3,5-6,10,14,19H,4,7-9,11H2,1H3. The normalized spacial score (nSPS) is 19.0. The molecular formula is C16H20Cl2N4O.